The fourth-order valence-electron chi connectivity index (χ4n) is 3.44. The number of aromatic nitrogens is 1. The number of amidine groups is 1. The van der Waals surface area contributed by atoms with Gasteiger partial charge in [0.25, 0.3) is 0 Å². The Kier molecular flexibility index (Phi) is 8.27. The third kappa shape index (κ3) is 6.83. The van der Waals surface area contributed by atoms with E-state index in [1.807, 2.05) is 0 Å². The van der Waals surface area contributed by atoms with Crippen molar-refractivity contribution < 1.29 is 4.52 Å². The number of benzene rings is 1. The second-order valence-electron chi connectivity index (χ2n) is 9.58. The Hall–Kier alpha value is -1.31. The van der Waals surface area contributed by atoms with Gasteiger partial charge in [-0.3, -0.25) is 0 Å². The molecule has 1 aliphatic heterocycles. The summed E-state index contributed by atoms with van der Waals surface area (Å²) < 4.78 is 6.36. The van der Waals surface area contributed by atoms with Crippen LogP contribution in [0.1, 0.15) is 64.5 Å². The standard InChI is InChI=1S/C24H33N3OS3/c1-16(2)11-18-12-19(28-26-18)13-30-23(29)27-14-24(5,6)15-31-22(27)25-21-10-8-7-9-20(21)17(3)4/h7-10,12,16-17H,11,13-15H2,1-6H3. The summed E-state index contributed by atoms with van der Waals surface area (Å²) in [5.74, 6) is 3.57. The number of nitrogens with zero attached hydrogens (tertiary/aromatic N) is 3. The van der Waals surface area contributed by atoms with Crippen molar-refractivity contribution in [2.75, 3.05) is 12.3 Å². The highest BCUT2D eigenvalue weighted by Crippen LogP contribution is 2.36. The molecule has 3 rings (SSSR count). The summed E-state index contributed by atoms with van der Waals surface area (Å²) >= 11 is 9.28. The number of hydrogen-bond donors (Lipinski definition) is 0. The van der Waals surface area contributed by atoms with Crippen molar-refractivity contribution in [1.82, 2.24) is 10.1 Å². The molecule has 31 heavy (non-hydrogen) atoms. The molecule has 4 nitrogen and oxygen atoms in total. The molecule has 2 heterocycles. The lowest BCUT2D eigenvalue weighted by atomic mass is 9.96. The molecular weight excluding hydrogens is 442 g/mol. The maximum Gasteiger partial charge on any atom is 0.169 e. The van der Waals surface area contributed by atoms with Gasteiger partial charge < -0.3 is 9.42 Å². The average molecular weight is 476 g/mol. The summed E-state index contributed by atoms with van der Waals surface area (Å²) in [4.78, 5) is 7.27. The molecule has 1 fully saturated rings. The number of hydrogen-bond acceptors (Lipinski definition) is 6. The number of thioether (sulfide) groups is 2. The summed E-state index contributed by atoms with van der Waals surface area (Å²) in [5.41, 5.74) is 3.48. The lowest BCUT2D eigenvalue weighted by molar-refractivity contribution is 0.348. The average Bonchev–Trinajstić information content (AvgIpc) is 3.14. The third-order valence-corrected chi connectivity index (χ3v) is 7.93. The Morgan fingerprint density at radius 1 is 1.29 bits per heavy atom. The minimum atomic E-state index is 0.169. The van der Waals surface area contributed by atoms with Gasteiger partial charge in [0, 0.05) is 18.4 Å². The zero-order valence-electron chi connectivity index (χ0n) is 19.3. The van der Waals surface area contributed by atoms with E-state index in [1.54, 1.807) is 23.5 Å². The lowest BCUT2D eigenvalue weighted by Crippen LogP contribution is -2.45. The molecule has 168 valence electrons. The summed E-state index contributed by atoms with van der Waals surface area (Å²) in [6.07, 6.45) is 0.932. The van der Waals surface area contributed by atoms with Gasteiger partial charge in [-0.25, -0.2) is 4.99 Å². The maximum atomic E-state index is 5.86. The molecule has 0 bridgehead atoms. The van der Waals surface area contributed by atoms with E-state index in [0.717, 1.165) is 45.3 Å². The summed E-state index contributed by atoms with van der Waals surface area (Å²) in [5, 5.41) is 5.18. The van der Waals surface area contributed by atoms with Crippen molar-refractivity contribution in [1.29, 1.82) is 0 Å². The zero-order chi connectivity index (χ0) is 22.6. The highest BCUT2D eigenvalue weighted by Gasteiger charge is 2.33. The topological polar surface area (TPSA) is 41.6 Å². The quantitative estimate of drug-likeness (QED) is 0.409. The Morgan fingerprint density at radius 2 is 2.03 bits per heavy atom. The first-order valence-electron chi connectivity index (χ1n) is 10.8. The number of para-hydroxylation sites is 1. The molecule has 1 saturated heterocycles. The van der Waals surface area contributed by atoms with Gasteiger partial charge in [0.1, 0.15) is 10.1 Å². The predicted molar refractivity (Wildman–Crippen MR) is 140 cm³/mol. The Balaban J connectivity index is 1.77. The van der Waals surface area contributed by atoms with Crippen LogP contribution in [0.5, 0.6) is 0 Å². The van der Waals surface area contributed by atoms with Crippen LogP contribution in [0.4, 0.5) is 5.69 Å². The number of rotatable bonds is 6. The lowest BCUT2D eigenvalue weighted by Gasteiger charge is -2.39. The van der Waals surface area contributed by atoms with Crippen LogP contribution in [0, 0.1) is 11.3 Å². The molecule has 7 heteroatoms. The second kappa shape index (κ2) is 10.5. The molecule has 1 aliphatic rings. The van der Waals surface area contributed by atoms with E-state index in [0.29, 0.717) is 17.6 Å². The largest absolute Gasteiger partial charge is 0.360 e. The van der Waals surface area contributed by atoms with Crippen LogP contribution in [-0.4, -0.2) is 31.8 Å². The van der Waals surface area contributed by atoms with Crippen molar-refractivity contribution in [3.63, 3.8) is 0 Å². The van der Waals surface area contributed by atoms with E-state index in [2.05, 4.69) is 81.9 Å². The summed E-state index contributed by atoms with van der Waals surface area (Å²) in [7, 11) is 0. The van der Waals surface area contributed by atoms with E-state index < -0.39 is 0 Å². The van der Waals surface area contributed by atoms with Crippen molar-refractivity contribution in [2.24, 2.45) is 16.3 Å². The van der Waals surface area contributed by atoms with Crippen LogP contribution in [0.15, 0.2) is 39.8 Å². The molecule has 2 aromatic rings. The predicted octanol–water partition coefficient (Wildman–Crippen LogP) is 7.28. The van der Waals surface area contributed by atoms with Crippen LogP contribution < -0.4 is 0 Å². The normalized spacial score (nSPS) is 17.7. The van der Waals surface area contributed by atoms with Crippen LogP contribution in [0.2, 0.25) is 0 Å². The van der Waals surface area contributed by atoms with Crippen LogP contribution in [-0.2, 0) is 12.2 Å². The van der Waals surface area contributed by atoms with E-state index in [1.165, 1.54) is 5.56 Å². The minimum absolute atomic E-state index is 0.169. The Bertz CT molecular complexity index is 934. The molecule has 1 aromatic carbocycles. The van der Waals surface area contributed by atoms with Gasteiger partial charge in [-0.2, -0.15) is 0 Å². The van der Waals surface area contributed by atoms with Crippen molar-refractivity contribution in [3.8, 4) is 0 Å². The smallest absolute Gasteiger partial charge is 0.169 e. The second-order valence-corrected chi connectivity index (χ2v) is 12.1. The first-order valence-corrected chi connectivity index (χ1v) is 13.2. The molecular formula is C24H33N3OS3. The summed E-state index contributed by atoms with van der Waals surface area (Å²) in [6.45, 7) is 14.2. The van der Waals surface area contributed by atoms with Crippen LogP contribution in [0.3, 0.4) is 0 Å². The molecule has 0 radical (unpaired) electrons. The van der Waals surface area contributed by atoms with Crippen LogP contribution in [0.25, 0.3) is 0 Å². The fraction of sp³-hybridized carbons (Fsp3) is 0.542. The summed E-state index contributed by atoms with van der Waals surface area (Å²) in [6, 6.07) is 10.5. The Morgan fingerprint density at radius 3 is 2.74 bits per heavy atom. The molecule has 0 saturated carbocycles. The highest BCUT2D eigenvalue weighted by molar-refractivity contribution is 8.22. The highest BCUT2D eigenvalue weighted by atomic mass is 32.2. The van der Waals surface area contributed by atoms with E-state index in [-0.39, 0.29) is 5.41 Å². The van der Waals surface area contributed by atoms with Gasteiger partial charge in [-0.05, 0) is 35.3 Å². The zero-order valence-corrected chi connectivity index (χ0v) is 21.8. The van der Waals surface area contributed by atoms with Crippen molar-refractivity contribution >= 4 is 50.9 Å². The SMILES string of the molecule is CC(C)Cc1cc(CSC(=S)N2CC(C)(C)CSC2=Nc2ccccc2C(C)C)on1. The van der Waals surface area contributed by atoms with Gasteiger partial charge in [0.05, 0.1) is 17.1 Å². The van der Waals surface area contributed by atoms with Gasteiger partial charge >= 0.3 is 0 Å². The maximum absolute atomic E-state index is 5.86. The first kappa shape index (κ1) is 24.3. The Labute approximate surface area is 200 Å². The number of aliphatic imine (C=N–C) groups is 1. The molecule has 0 atom stereocenters. The molecule has 0 unspecified atom stereocenters. The van der Waals surface area contributed by atoms with E-state index in [4.69, 9.17) is 21.7 Å². The molecule has 0 aliphatic carbocycles. The van der Waals surface area contributed by atoms with E-state index in [9.17, 15) is 0 Å². The molecule has 0 amide bonds. The third-order valence-electron chi connectivity index (χ3n) is 4.97. The first-order chi connectivity index (χ1) is 14.6. The number of thiocarbonyl (C=S) groups is 1. The van der Waals surface area contributed by atoms with Gasteiger partial charge in [-0.1, -0.05) is 101 Å². The molecule has 1 aromatic heterocycles. The van der Waals surface area contributed by atoms with Gasteiger partial charge in [-0.15, -0.1) is 0 Å². The molecule has 0 spiro atoms. The minimum Gasteiger partial charge on any atom is -0.360 e. The van der Waals surface area contributed by atoms with Gasteiger partial charge in [0.2, 0.25) is 0 Å². The van der Waals surface area contributed by atoms with Gasteiger partial charge in [0.15, 0.2) is 5.17 Å². The fourth-order valence-corrected chi connectivity index (χ4v) is 5.68. The molecule has 0 N–H and O–H groups in total. The van der Waals surface area contributed by atoms with Crippen LogP contribution >= 0.6 is 35.7 Å². The van der Waals surface area contributed by atoms with Crippen molar-refractivity contribution in [2.45, 2.75) is 59.6 Å². The monoisotopic (exact) mass is 475 g/mol. The van der Waals surface area contributed by atoms with E-state index >= 15 is 0 Å². The van der Waals surface area contributed by atoms with Crippen molar-refractivity contribution in [3.05, 3.63) is 47.3 Å².